The van der Waals surface area contributed by atoms with E-state index >= 15 is 0 Å². The lowest BCUT2D eigenvalue weighted by Gasteiger charge is -2.37. The van der Waals surface area contributed by atoms with Crippen molar-refractivity contribution in [1.29, 1.82) is 0 Å². The van der Waals surface area contributed by atoms with Gasteiger partial charge in [-0.2, -0.15) is 0 Å². The number of hydrogen-bond donors (Lipinski definition) is 3. The van der Waals surface area contributed by atoms with Crippen molar-refractivity contribution < 1.29 is 14.7 Å². The molecule has 1 rings (SSSR count). The van der Waals surface area contributed by atoms with Gasteiger partial charge in [0, 0.05) is 12.5 Å². The molecule has 0 saturated heterocycles. The number of nitrogens with two attached hydrogens (primary N) is 1. The number of aliphatic carboxylic acids is 1. The molecular weight excluding hydrogens is 232 g/mol. The van der Waals surface area contributed by atoms with E-state index in [0.29, 0.717) is 0 Å². The zero-order chi connectivity index (χ0) is 13.6. The van der Waals surface area contributed by atoms with Crippen molar-refractivity contribution in [3.8, 4) is 0 Å². The number of carbonyl (C=O) groups is 2. The van der Waals surface area contributed by atoms with Crippen molar-refractivity contribution in [2.45, 2.75) is 69.9 Å². The number of carbonyl (C=O) groups excluding carboxylic acids is 1. The van der Waals surface area contributed by atoms with E-state index in [2.05, 4.69) is 5.32 Å². The maximum Gasteiger partial charge on any atom is 0.305 e. The molecule has 0 aromatic rings. The summed E-state index contributed by atoms with van der Waals surface area (Å²) in [6, 6.07) is -0.143. The summed E-state index contributed by atoms with van der Waals surface area (Å²) >= 11 is 0. The summed E-state index contributed by atoms with van der Waals surface area (Å²) in [5.74, 6) is -0.968. The summed E-state index contributed by atoms with van der Waals surface area (Å²) in [6.07, 6.45) is 5.63. The minimum Gasteiger partial charge on any atom is -0.481 e. The van der Waals surface area contributed by atoms with Gasteiger partial charge < -0.3 is 16.2 Å². The smallest absolute Gasteiger partial charge is 0.305 e. The topological polar surface area (TPSA) is 92.4 Å². The Kier molecular flexibility index (Phi) is 5.59. The molecule has 0 bridgehead atoms. The van der Waals surface area contributed by atoms with Crippen molar-refractivity contribution in [3.63, 3.8) is 0 Å². The van der Waals surface area contributed by atoms with Crippen LogP contribution in [-0.4, -0.2) is 28.6 Å². The fourth-order valence-corrected chi connectivity index (χ4v) is 2.59. The van der Waals surface area contributed by atoms with Crippen LogP contribution in [0.25, 0.3) is 0 Å². The second-order valence-electron chi connectivity index (χ2n) is 5.33. The standard InChI is InChI=1S/C13H24N2O3/c1-2-10(14)8-11(16)15-13(9-12(17)18)6-4-3-5-7-13/h10H,2-9,14H2,1H3,(H,15,16)(H,17,18). The lowest BCUT2D eigenvalue weighted by Crippen LogP contribution is -2.52. The average molecular weight is 256 g/mol. The minimum atomic E-state index is -0.850. The molecule has 5 heteroatoms. The van der Waals surface area contributed by atoms with Crippen LogP contribution in [0.15, 0.2) is 0 Å². The summed E-state index contributed by atoms with van der Waals surface area (Å²) in [4.78, 5) is 22.8. The fraction of sp³-hybridized carbons (Fsp3) is 0.846. The zero-order valence-corrected chi connectivity index (χ0v) is 11.1. The number of carboxylic acids is 1. The van der Waals surface area contributed by atoms with Gasteiger partial charge in [0.05, 0.1) is 12.0 Å². The molecule has 5 nitrogen and oxygen atoms in total. The molecule has 0 spiro atoms. The van der Waals surface area contributed by atoms with Crippen LogP contribution in [0.2, 0.25) is 0 Å². The molecule has 1 atom stereocenters. The molecule has 0 aromatic carbocycles. The second kappa shape index (κ2) is 6.73. The van der Waals surface area contributed by atoms with Crippen LogP contribution in [0, 0.1) is 0 Å². The Morgan fingerprint density at radius 1 is 1.33 bits per heavy atom. The van der Waals surface area contributed by atoms with Gasteiger partial charge in [0.1, 0.15) is 0 Å². The maximum absolute atomic E-state index is 11.9. The average Bonchev–Trinajstić information content (AvgIpc) is 2.28. The molecular formula is C13H24N2O3. The highest BCUT2D eigenvalue weighted by atomic mass is 16.4. The summed E-state index contributed by atoms with van der Waals surface area (Å²) in [7, 11) is 0. The summed E-state index contributed by atoms with van der Waals surface area (Å²) < 4.78 is 0. The van der Waals surface area contributed by atoms with Crippen LogP contribution in [0.5, 0.6) is 0 Å². The van der Waals surface area contributed by atoms with Gasteiger partial charge in [-0.25, -0.2) is 0 Å². The summed E-state index contributed by atoms with van der Waals surface area (Å²) in [5, 5.41) is 11.9. The molecule has 1 aliphatic rings. The first-order valence-electron chi connectivity index (χ1n) is 6.76. The fourth-order valence-electron chi connectivity index (χ4n) is 2.59. The van der Waals surface area contributed by atoms with Crippen LogP contribution >= 0.6 is 0 Å². The van der Waals surface area contributed by atoms with Gasteiger partial charge in [0.25, 0.3) is 0 Å². The number of carboxylic acid groups (broad SMARTS) is 1. The maximum atomic E-state index is 11.9. The Morgan fingerprint density at radius 3 is 2.44 bits per heavy atom. The van der Waals surface area contributed by atoms with E-state index in [1.54, 1.807) is 0 Å². The first-order chi connectivity index (χ1) is 8.47. The van der Waals surface area contributed by atoms with E-state index in [1.165, 1.54) is 0 Å². The Morgan fingerprint density at radius 2 is 1.94 bits per heavy atom. The van der Waals surface area contributed by atoms with Gasteiger partial charge in [0.2, 0.25) is 5.91 Å². The predicted octanol–water partition coefficient (Wildman–Crippen LogP) is 1.41. The molecule has 0 radical (unpaired) electrons. The molecule has 1 amide bonds. The highest BCUT2D eigenvalue weighted by Gasteiger charge is 2.35. The summed E-state index contributed by atoms with van der Waals surface area (Å²) in [5.41, 5.74) is 5.20. The Labute approximate surface area is 108 Å². The number of nitrogens with one attached hydrogen (secondary N) is 1. The Balaban J connectivity index is 2.60. The lowest BCUT2D eigenvalue weighted by molar-refractivity contribution is -0.139. The lowest BCUT2D eigenvalue weighted by atomic mass is 9.79. The van der Waals surface area contributed by atoms with E-state index in [-0.39, 0.29) is 24.8 Å². The quantitative estimate of drug-likeness (QED) is 0.670. The van der Waals surface area contributed by atoms with Gasteiger partial charge in [0.15, 0.2) is 0 Å². The third-order valence-corrected chi connectivity index (χ3v) is 3.68. The SMILES string of the molecule is CCC(N)CC(=O)NC1(CC(=O)O)CCCCC1. The van der Waals surface area contributed by atoms with Gasteiger partial charge in [-0.3, -0.25) is 9.59 Å². The number of amides is 1. The van der Waals surface area contributed by atoms with E-state index in [9.17, 15) is 9.59 Å². The van der Waals surface area contributed by atoms with Crippen LogP contribution in [0.1, 0.15) is 58.3 Å². The van der Waals surface area contributed by atoms with Crippen molar-refractivity contribution in [2.24, 2.45) is 5.73 Å². The van der Waals surface area contributed by atoms with E-state index in [4.69, 9.17) is 10.8 Å². The van der Waals surface area contributed by atoms with Gasteiger partial charge in [-0.15, -0.1) is 0 Å². The van der Waals surface area contributed by atoms with Gasteiger partial charge >= 0.3 is 5.97 Å². The zero-order valence-electron chi connectivity index (χ0n) is 11.1. The third kappa shape index (κ3) is 4.64. The van der Waals surface area contributed by atoms with Crippen LogP contribution in [0.3, 0.4) is 0 Å². The van der Waals surface area contributed by atoms with E-state index < -0.39 is 11.5 Å². The first kappa shape index (κ1) is 15.0. The van der Waals surface area contributed by atoms with Crippen LogP contribution in [0.4, 0.5) is 0 Å². The van der Waals surface area contributed by atoms with E-state index in [0.717, 1.165) is 38.5 Å². The third-order valence-electron chi connectivity index (χ3n) is 3.68. The molecule has 1 unspecified atom stereocenters. The number of hydrogen-bond acceptors (Lipinski definition) is 3. The normalized spacial score (nSPS) is 20.1. The van der Waals surface area contributed by atoms with Crippen molar-refractivity contribution >= 4 is 11.9 Å². The minimum absolute atomic E-state index is 0.0140. The molecule has 18 heavy (non-hydrogen) atoms. The molecule has 0 heterocycles. The van der Waals surface area contributed by atoms with Crippen molar-refractivity contribution in [2.75, 3.05) is 0 Å². The van der Waals surface area contributed by atoms with E-state index in [1.807, 2.05) is 6.92 Å². The molecule has 0 aliphatic heterocycles. The first-order valence-corrected chi connectivity index (χ1v) is 6.76. The molecule has 104 valence electrons. The highest BCUT2D eigenvalue weighted by molar-refractivity contribution is 5.78. The molecule has 1 saturated carbocycles. The summed E-state index contributed by atoms with van der Waals surface area (Å²) in [6.45, 7) is 1.94. The monoisotopic (exact) mass is 256 g/mol. The predicted molar refractivity (Wildman–Crippen MR) is 69.1 cm³/mol. The largest absolute Gasteiger partial charge is 0.481 e. The number of rotatable bonds is 6. The van der Waals surface area contributed by atoms with Crippen molar-refractivity contribution in [3.05, 3.63) is 0 Å². The van der Waals surface area contributed by atoms with Crippen molar-refractivity contribution in [1.82, 2.24) is 5.32 Å². The van der Waals surface area contributed by atoms with Gasteiger partial charge in [-0.05, 0) is 19.3 Å². The second-order valence-corrected chi connectivity index (χ2v) is 5.33. The van der Waals surface area contributed by atoms with Gasteiger partial charge in [-0.1, -0.05) is 26.2 Å². The molecule has 1 fully saturated rings. The molecule has 1 aliphatic carbocycles. The van der Waals surface area contributed by atoms with Crippen LogP contribution in [-0.2, 0) is 9.59 Å². The Bertz CT molecular complexity index is 299. The van der Waals surface area contributed by atoms with Crippen LogP contribution < -0.4 is 11.1 Å². The molecule has 4 N–H and O–H groups in total. The highest BCUT2D eigenvalue weighted by Crippen LogP contribution is 2.31. The molecule has 0 aromatic heterocycles. The Hall–Kier alpha value is -1.10.